The predicted molar refractivity (Wildman–Crippen MR) is 280 cm³/mol. The number of nitrogens with zero attached hydrogens (tertiary/aromatic N) is 2. The number of anilines is 3. The van der Waals surface area contributed by atoms with E-state index in [4.69, 9.17) is 4.42 Å². The van der Waals surface area contributed by atoms with Crippen LogP contribution in [0.3, 0.4) is 0 Å². The summed E-state index contributed by atoms with van der Waals surface area (Å²) in [6, 6.07) is 55.6. The highest BCUT2D eigenvalue weighted by Gasteiger charge is 2.49. The summed E-state index contributed by atoms with van der Waals surface area (Å²) in [7, 11) is 0. The lowest BCUT2D eigenvalue weighted by Crippen LogP contribution is -2.56. The molecule has 8 aromatic carbocycles. The SMILES string of the molecule is CC(C)(C)c1ccc(N2c3c(oc4cc5c(cc34)C(C)(C)CCC5(C)C)B3c4c(cc5sc6ccccc6c5c42)-c2cccc4c5cc6ccccc6cc5n3c24)c(-c2ccccc2)c1. The van der Waals surface area contributed by atoms with Crippen LogP contribution < -0.4 is 16.0 Å². The second kappa shape index (κ2) is 12.6. The van der Waals surface area contributed by atoms with E-state index < -0.39 is 0 Å². The Morgan fingerprint density at radius 2 is 1.29 bits per heavy atom. The Morgan fingerprint density at radius 1 is 0.585 bits per heavy atom. The fraction of sp³-hybridized carbons (Fsp3) is 0.200. The van der Waals surface area contributed by atoms with Gasteiger partial charge in [0.1, 0.15) is 11.2 Å². The molecule has 314 valence electrons. The second-order valence-corrected chi connectivity index (χ2v) is 22.6. The average molecular weight is 857 g/mol. The molecule has 0 spiro atoms. The van der Waals surface area contributed by atoms with Crippen molar-refractivity contribution in [2.45, 2.75) is 77.6 Å². The number of fused-ring (bicyclic) bond motifs is 15. The maximum absolute atomic E-state index is 7.72. The molecule has 5 heteroatoms. The van der Waals surface area contributed by atoms with E-state index in [1.54, 1.807) is 0 Å². The van der Waals surface area contributed by atoms with Gasteiger partial charge in [-0.15, -0.1) is 11.3 Å². The smallest absolute Gasteiger partial charge is 0.376 e. The van der Waals surface area contributed by atoms with Crippen molar-refractivity contribution in [2.75, 3.05) is 4.90 Å². The zero-order valence-corrected chi connectivity index (χ0v) is 38.9. The van der Waals surface area contributed by atoms with Gasteiger partial charge in [-0.3, -0.25) is 0 Å². The monoisotopic (exact) mass is 856 g/mol. The Kier molecular flexibility index (Phi) is 7.33. The average Bonchev–Trinajstić information content (AvgIpc) is 3.97. The molecule has 0 amide bonds. The van der Waals surface area contributed by atoms with Crippen molar-refractivity contribution in [3.05, 3.63) is 162 Å². The summed E-state index contributed by atoms with van der Waals surface area (Å²) in [6.07, 6.45) is 2.29. The van der Waals surface area contributed by atoms with Crippen LogP contribution >= 0.6 is 11.3 Å². The van der Waals surface area contributed by atoms with Crippen molar-refractivity contribution >= 4 is 110 Å². The van der Waals surface area contributed by atoms with Crippen LogP contribution in [0.2, 0.25) is 0 Å². The maximum Gasteiger partial charge on any atom is 0.376 e. The van der Waals surface area contributed by atoms with Gasteiger partial charge in [-0.1, -0.05) is 146 Å². The quantitative estimate of drug-likeness (QED) is 0.162. The second-order valence-electron chi connectivity index (χ2n) is 21.5. The Bertz CT molecular complexity index is 3890. The molecule has 14 rings (SSSR count). The Hall–Kier alpha value is -6.56. The summed E-state index contributed by atoms with van der Waals surface area (Å²) >= 11 is 1.92. The molecule has 65 heavy (non-hydrogen) atoms. The van der Waals surface area contributed by atoms with Gasteiger partial charge >= 0.3 is 6.85 Å². The third-order valence-electron chi connectivity index (χ3n) is 15.7. The van der Waals surface area contributed by atoms with Gasteiger partial charge in [0.2, 0.25) is 0 Å². The Morgan fingerprint density at radius 3 is 2.08 bits per heavy atom. The molecule has 5 heterocycles. The minimum Gasteiger partial charge on any atom is -0.466 e. The van der Waals surface area contributed by atoms with E-state index in [9.17, 15) is 0 Å². The predicted octanol–water partition coefficient (Wildman–Crippen LogP) is 15.8. The first kappa shape index (κ1) is 37.8. The van der Waals surface area contributed by atoms with Crippen LogP contribution in [0, 0.1) is 0 Å². The van der Waals surface area contributed by atoms with Crippen molar-refractivity contribution in [1.82, 2.24) is 4.48 Å². The van der Waals surface area contributed by atoms with Crippen LogP contribution in [-0.4, -0.2) is 11.3 Å². The lowest BCUT2D eigenvalue weighted by atomic mass is 9.47. The summed E-state index contributed by atoms with van der Waals surface area (Å²) in [5, 5.41) is 8.87. The Labute approximate surface area is 384 Å². The van der Waals surface area contributed by atoms with E-state index in [1.807, 2.05) is 11.3 Å². The minimum atomic E-state index is -0.218. The molecule has 0 saturated carbocycles. The van der Waals surface area contributed by atoms with Crippen molar-refractivity contribution in [2.24, 2.45) is 0 Å². The van der Waals surface area contributed by atoms with E-state index in [0.717, 1.165) is 29.8 Å². The molecule has 0 radical (unpaired) electrons. The third kappa shape index (κ3) is 5.03. The standard InChI is InChI=1S/C60H49BN2OS/c1-58(2,3)37-24-25-47(41(30-37)34-16-9-8-10-17-34)62-55-44-31-45-46(60(6,7)27-26-59(45,4)5)33-49(44)64-57(55)61-53-43(32-51-52(56(53)62)40-20-13-14-23-50(40)65-51)39-22-15-21-38-42-28-35-18-11-12-19-36(35)29-48(42)63(61)54(38)39/h8-25,28-33H,26-27H2,1-7H3. The van der Waals surface area contributed by atoms with Gasteiger partial charge in [0.25, 0.3) is 0 Å². The summed E-state index contributed by atoms with van der Waals surface area (Å²) in [5.41, 5.74) is 18.6. The van der Waals surface area contributed by atoms with Crippen LogP contribution in [0.5, 0.6) is 0 Å². The van der Waals surface area contributed by atoms with Crippen molar-refractivity contribution < 1.29 is 4.42 Å². The van der Waals surface area contributed by atoms with Gasteiger partial charge in [-0.05, 0) is 122 Å². The molecule has 1 aliphatic carbocycles. The first-order valence-electron chi connectivity index (χ1n) is 23.4. The van der Waals surface area contributed by atoms with Crippen molar-refractivity contribution in [3.63, 3.8) is 0 Å². The van der Waals surface area contributed by atoms with Crippen LogP contribution in [0.1, 0.15) is 78.0 Å². The molecular weight excluding hydrogens is 808 g/mol. The lowest BCUT2D eigenvalue weighted by Gasteiger charge is -2.42. The molecular formula is C60H49BN2OS. The van der Waals surface area contributed by atoms with Gasteiger partial charge < -0.3 is 13.8 Å². The normalized spacial score (nSPS) is 16.0. The summed E-state index contributed by atoms with van der Waals surface area (Å²) in [6.45, 7) is 16.5. The Balaban J connectivity index is 1.22. The van der Waals surface area contributed by atoms with E-state index in [1.165, 1.54) is 114 Å². The molecule has 0 N–H and O–H groups in total. The molecule has 0 unspecified atom stereocenters. The van der Waals surface area contributed by atoms with Gasteiger partial charge in [0, 0.05) is 58.5 Å². The first-order chi connectivity index (χ1) is 31.4. The fourth-order valence-electron chi connectivity index (χ4n) is 12.2. The molecule has 0 bridgehead atoms. The molecule has 0 atom stereocenters. The highest BCUT2D eigenvalue weighted by Crippen LogP contribution is 2.56. The van der Waals surface area contributed by atoms with Crippen molar-refractivity contribution in [3.8, 4) is 22.3 Å². The molecule has 3 nitrogen and oxygen atoms in total. The van der Waals surface area contributed by atoms with E-state index in [2.05, 4.69) is 203 Å². The maximum atomic E-state index is 7.72. The van der Waals surface area contributed by atoms with Crippen molar-refractivity contribution in [1.29, 1.82) is 0 Å². The minimum absolute atomic E-state index is 0.0157. The van der Waals surface area contributed by atoms with Crippen LogP contribution in [0.4, 0.5) is 17.1 Å². The van der Waals surface area contributed by atoms with Crippen LogP contribution in [0.25, 0.3) is 86.0 Å². The lowest BCUT2D eigenvalue weighted by molar-refractivity contribution is 0.332. The molecule has 3 aliphatic rings. The highest BCUT2D eigenvalue weighted by molar-refractivity contribution is 7.26. The first-order valence-corrected chi connectivity index (χ1v) is 24.2. The summed E-state index contributed by atoms with van der Waals surface area (Å²) in [4.78, 5) is 2.67. The topological polar surface area (TPSA) is 21.3 Å². The number of hydrogen-bond donors (Lipinski definition) is 0. The van der Waals surface area contributed by atoms with E-state index >= 15 is 0 Å². The molecule has 3 aromatic heterocycles. The number of benzene rings is 8. The molecule has 0 fully saturated rings. The number of para-hydroxylation sites is 1. The zero-order valence-electron chi connectivity index (χ0n) is 38.1. The van der Waals surface area contributed by atoms with Gasteiger partial charge in [0.15, 0.2) is 0 Å². The third-order valence-corrected chi connectivity index (χ3v) is 16.9. The van der Waals surface area contributed by atoms with Crippen LogP contribution in [0.15, 0.2) is 150 Å². The fourth-order valence-corrected chi connectivity index (χ4v) is 13.4. The summed E-state index contributed by atoms with van der Waals surface area (Å²) in [5.74, 6) is 0. The van der Waals surface area contributed by atoms with Gasteiger partial charge in [-0.2, -0.15) is 0 Å². The highest BCUT2D eigenvalue weighted by atomic mass is 32.1. The van der Waals surface area contributed by atoms with E-state index in [-0.39, 0.29) is 23.1 Å². The molecule has 0 saturated heterocycles. The van der Waals surface area contributed by atoms with Gasteiger partial charge in [0.05, 0.1) is 17.1 Å². The number of thiophene rings is 1. The van der Waals surface area contributed by atoms with Gasteiger partial charge in [-0.25, -0.2) is 0 Å². The largest absolute Gasteiger partial charge is 0.466 e. The van der Waals surface area contributed by atoms with E-state index in [0.29, 0.717) is 0 Å². The zero-order chi connectivity index (χ0) is 43.9. The summed E-state index contributed by atoms with van der Waals surface area (Å²) < 4.78 is 13.0. The van der Waals surface area contributed by atoms with Crippen LogP contribution in [-0.2, 0) is 16.2 Å². The number of hydrogen-bond acceptors (Lipinski definition) is 3. The molecule has 11 aromatic rings. The number of aromatic nitrogens is 1. The number of rotatable bonds is 2. The number of furan rings is 1. The molecule has 2 aliphatic heterocycles.